The van der Waals surface area contributed by atoms with Crippen LogP contribution in [0.25, 0.3) is 22.3 Å². The number of sulfonamides is 1. The highest BCUT2D eigenvalue weighted by atomic mass is 35.5. The molecule has 0 radical (unpaired) electrons. The molecular weight excluding hydrogens is 760 g/mol. The quantitative estimate of drug-likeness (QED) is 0.0836. The zero-order valence-electron chi connectivity index (χ0n) is 27.6. The van der Waals surface area contributed by atoms with Gasteiger partial charge in [-0.3, -0.25) is 9.71 Å². The van der Waals surface area contributed by atoms with Gasteiger partial charge in [0.15, 0.2) is 0 Å². The highest BCUT2D eigenvalue weighted by molar-refractivity contribution is 7.93. The van der Waals surface area contributed by atoms with Gasteiger partial charge in [-0.25, -0.2) is 17.6 Å². The first-order valence-corrected chi connectivity index (χ1v) is 18.9. The van der Waals surface area contributed by atoms with Crippen LogP contribution in [0.1, 0.15) is 30.5 Å². The predicted molar refractivity (Wildman–Crippen MR) is 191 cm³/mol. The summed E-state index contributed by atoms with van der Waals surface area (Å²) in [7, 11) is -4.43. The Bertz CT molecular complexity index is 2200. The summed E-state index contributed by atoms with van der Waals surface area (Å²) in [5, 5.41) is 19.4. The molecule has 1 aliphatic rings. The summed E-state index contributed by atoms with van der Waals surface area (Å²) in [5.41, 5.74) is 2.86. The van der Waals surface area contributed by atoms with Crippen LogP contribution in [0.5, 0.6) is 11.5 Å². The van der Waals surface area contributed by atoms with Crippen molar-refractivity contribution in [3.8, 4) is 33.8 Å². The molecule has 0 bridgehead atoms. The Balaban J connectivity index is 1.27. The molecule has 278 valence electrons. The van der Waals surface area contributed by atoms with Gasteiger partial charge in [-0.1, -0.05) is 41.1 Å². The number of hydrogen-bond donors (Lipinski definition) is 3. The van der Waals surface area contributed by atoms with E-state index in [1.807, 2.05) is 0 Å². The van der Waals surface area contributed by atoms with Crippen LogP contribution in [-0.4, -0.2) is 59.3 Å². The van der Waals surface area contributed by atoms with Crippen molar-refractivity contribution in [2.24, 2.45) is 5.92 Å². The fourth-order valence-corrected chi connectivity index (χ4v) is 7.92. The molecule has 0 atom stereocenters. The van der Waals surface area contributed by atoms with E-state index in [4.69, 9.17) is 16.3 Å². The maximum absolute atomic E-state index is 15.3. The van der Waals surface area contributed by atoms with Gasteiger partial charge < -0.3 is 20.1 Å². The third-order valence-corrected chi connectivity index (χ3v) is 11.0. The molecule has 6 rings (SSSR count). The predicted octanol–water partition coefficient (Wildman–Crippen LogP) is 8.54. The summed E-state index contributed by atoms with van der Waals surface area (Å²) in [6, 6.07) is 14.8. The number of benzene rings is 3. The van der Waals surface area contributed by atoms with E-state index in [-0.39, 0.29) is 21.7 Å². The topological polar surface area (TPSA) is 147 Å². The van der Waals surface area contributed by atoms with Gasteiger partial charge >= 0.3 is 12.3 Å². The minimum Gasteiger partial charge on any atom is -0.465 e. The molecule has 0 saturated carbocycles. The van der Waals surface area contributed by atoms with Crippen molar-refractivity contribution in [1.29, 1.82) is 0 Å². The van der Waals surface area contributed by atoms with Crippen LogP contribution >= 0.6 is 22.9 Å². The van der Waals surface area contributed by atoms with Crippen molar-refractivity contribution in [1.82, 2.24) is 25.4 Å². The lowest BCUT2D eigenvalue weighted by Crippen LogP contribution is -2.38. The van der Waals surface area contributed by atoms with Crippen molar-refractivity contribution in [3.63, 3.8) is 0 Å². The van der Waals surface area contributed by atoms with Crippen molar-refractivity contribution < 1.29 is 40.6 Å². The van der Waals surface area contributed by atoms with Gasteiger partial charge in [0, 0.05) is 37.5 Å². The Morgan fingerprint density at radius 2 is 1.79 bits per heavy atom. The molecule has 53 heavy (non-hydrogen) atoms. The van der Waals surface area contributed by atoms with E-state index in [2.05, 4.69) is 25.2 Å². The number of nitrogens with zero attached hydrogens (tertiary/aromatic N) is 4. The smallest absolute Gasteiger partial charge is 0.416 e. The molecule has 18 heteroatoms. The Labute approximate surface area is 310 Å². The van der Waals surface area contributed by atoms with E-state index in [0.717, 1.165) is 54.9 Å². The number of hydrogen-bond acceptors (Lipinski definition) is 9. The molecule has 2 aromatic heterocycles. The summed E-state index contributed by atoms with van der Waals surface area (Å²) in [4.78, 5) is 16.3. The van der Waals surface area contributed by atoms with Crippen LogP contribution in [-0.2, 0) is 22.7 Å². The second-order valence-corrected chi connectivity index (χ2v) is 15.1. The van der Waals surface area contributed by atoms with Crippen LogP contribution < -0.4 is 14.8 Å². The second-order valence-electron chi connectivity index (χ2n) is 12.2. The number of alkyl halides is 3. The molecule has 5 aromatic rings. The lowest BCUT2D eigenvalue weighted by molar-refractivity contribution is -0.137. The third-order valence-electron chi connectivity index (χ3n) is 8.63. The average molecular weight is 791 g/mol. The highest BCUT2D eigenvalue weighted by Gasteiger charge is 2.31. The summed E-state index contributed by atoms with van der Waals surface area (Å²) in [6.07, 6.45) is -1.44. The van der Waals surface area contributed by atoms with Crippen LogP contribution in [0.3, 0.4) is 0 Å². The number of likely N-dealkylation sites (tertiary alicyclic amines) is 1. The van der Waals surface area contributed by atoms with Crippen LogP contribution in [0, 0.1) is 11.7 Å². The van der Waals surface area contributed by atoms with Gasteiger partial charge in [-0.05, 0) is 90.9 Å². The van der Waals surface area contributed by atoms with Crippen molar-refractivity contribution in [3.05, 3.63) is 101 Å². The van der Waals surface area contributed by atoms with Gasteiger partial charge in [-0.2, -0.15) is 13.2 Å². The first-order valence-electron chi connectivity index (χ1n) is 16.2. The highest BCUT2D eigenvalue weighted by Crippen LogP contribution is 2.41. The van der Waals surface area contributed by atoms with Gasteiger partial charge in [0.25, 0.3) is 10.0 Å². The van der Waals surface area contributed by atoms with Crippen LogP contribution in [0.2, 0.25) is 5.02 Å². The molecule has 0 aliphatic carbocycles. The zero-order chi connectivity index (χ0) is 37.8. The fraction of sp³-hybridized carbons (Fsp3) is 0.257. The largest absolute Gasteiger partial charge is 0.465 e. The summed E-state index contributed by atoms with van der Waals surface area (Å²) in [5.74, 6) is -0.819. The fourth-order valence-electron chi connectivity index (χ4n) is 5.88. The van der Waals surface area contributed by atoms with E-state index in [0.29, 0.717) is 60.0 Å². The van der Waals surface area contributed by atoms with Crippen molar-refractivity contribution >= 4 is 44.2 Å². The van der Waals surface area contributed by atoms with Gasteiger partial charge in [0.05, 0.1) is 16.3 Å². The number of rotatable bonds is 12. The van der Waals surface area contributed by atoms with E-state index in [9.17, 15) is 31.5 Å². The molecule has 3 aromatic carbocycles. The first-order chi connectivity index (χ1) is 25.3. The standard InChI is InChI=1S/C35H31ClF4N6O5S2/c36-28-17-32(53(49,50)45-33-44-43-20-52-33)29(37)18-31(28)51-30-5-4-23(22-2-1-3-25(14-22)35(38,39)40)16-27(30)24-7-11-42-26(15-24)19-41-10-6-21-8-12-46(13-9-21)34(47)48/h1-5,7,11,14-18,20-21,41H,6,8-10,12-13,19H2,(H,44,45)(H,47,48). The number of pyridine rings is 1. The van der Waals surface area contributed by atoms with E-state index >= 15 is 4.39 Å². The number of halogens is 5. The second kappa shape index (κ2) is 16.0. The molecule has 1 aliphatic heterocycles. The Kier molecular flexibility index (Phi) is 11.5. The summed E-state index contributed by atoms with van der Waals surface area (Å²) in [6.45, 7) is 2.09. The van der Waals surface area contributed by atoms with E-state index < -0.39 is 38.6 Å². The molecule has 1 amide bonds. The zero-order valence-corrected chi connectivity index (χ0v) is 30.0. The average Bonchev–Trinajstić information content (AvgIpc) is 3.64. The molecule has 11 nitrogen and oxygen atoms in total. The maximum Gasteiger partial charge on any atom is 0.416 e. The number of carbonyl (C=O) groups is 1. The molecule has 0 unspecified atom stereocenters. The number of carboxylic acid groups (broad SMARTS) is 1. The Hall–Kier alpha value is -4.84. The number of amides is 1. The molecule has 1 fully saturated rings. The number of piperidine rings is 1. The number of aromatic nitrogens is 3. The lowest BCUT2D eigenvalue weighted by Gasteiger charge is -2.29. The van der Waals surface area contributed by atoms with Crippen molar-refractivity contribution in [2.45, 2.75) is 36.9 Å². The Morgan fingerprint density at radius 3 is 2.51 bits per heavy atom. The lowest BCUT2D eigenvalue weighted by atomic mass is 9.94. The monoisotopic (exact) mass is 790 g/mol. The van der Waals surface area contributed by atoms with Gasteiger partial charge in [-0.15, -0.1) is 10.2 Å². The van der Waals surface area contributed by atoms with E-state index in [1.165, 1.54) is 22.5 Å². The number of ether oxygens (including phenoxy) is 1. The molecule has 3 heterocycles. The molecule has 3 N–H and O–H groups in total. The van der Waals surface area contributed by atoms with Crippen LogP contribution in [0.4, 0.5) is 27.5 Å². The van der Waals surface area contributed by atoms with Gasteiger partial charge in [0.1, 0.15) is 27.7 Å². The molecule has 1 saturated heterocycles. The summed E-state index contributed by atoms with van der Waals surface area (Å²) < 4.78 is 90.0. The Morgan fingerprint density at radius 1 is 1.02 bits per heavy atom. The van der Waals surface area contributed by atoms with Crippen molar-refractivity contribution in [2.75, 3.05) is 24.4 Å². The molecule has 0 spiro atoms. The first kappa shape index (κ1) is 37.9. The van der Waals surface area contributed by atoms with Crippen LogP contribution in [0.15, 0.2) is 83.3 Å². The minimum atomic E-state index is -4.56. The number of anilines is 1. The summed E-state index contributed by atoms with van der Waals surface area (Å²) >= 11 is 7.33. The molecular formula is C35H31ClF4N6O5S2. The third kappa shape index (κ3) is 9.40. The number of nitrogens with one attached hydrogen (secondary N) is 2. The van der Waals surface area contributed by atoms with Gasteiger partial charge in [0.2, 0.25) is 5.13 Å². The van der Waals surface area contributed by atoms with E-state index in [1.54, 1.807) is 36.5 Å². The SMILES string of the molecule is O=C(O)N1CCC(CCNCc2cc(-c3cc(-c4cccc(C(F)(F)F)c4)ccc3Oc3cc(F)c(S(=O)(=O)Nc4nncs4)cc3Cl)ccn2)CC1. The normalized spacial score (nSPS) is 13.9. The minimum absolute atomic E-state index is 0.0727. The maximum atomic E-state index is 15.3.